The molecule has 0 saturated heterocycles. The molecule has 0 aromatic carbocycles. The van der Waals surface area contributed by atoms with Gasteiger partial charge in [-0.2, -0.15) is 0 Å². The third-order valence-electron chi connectivity index (χ3n) is 18.4. The molecule has 1 amide bonds. The molecule has 0 radical (unpaired) electrons. The Bertz CT molecular complexity index is 1390. The van der Waals surface area contributed by atoms with E-state index in [0.717, 1.165) is 51.4 Å². The molecule has 6 nitrogen and oxygen atoms in total. The van der Waals surface area contributed by atoms with Gasteiger partial charge in [-0.25, -0.2) is 0 Å². The van der Waals surface area contributed by atoms with Crippen molar-refractivity contribution in [1.29, 1.82) is 0 Å². The Labute approximate surface area is 538 Å². The minimum Gasteiger partial charge on any atom is -0.466 e. The second kappa shape index (κ2) is 75.5. The third-order valence-corrected chi connectivity index (χ3v) is 18.4. The molecule has 0 fully saturated rings. The molecule has 0 aliphatic carbocycles. The Morgan fingerprint density at radius 3 is 0.919 bits per heavy atom. The van der Waals surface area contributed by atoms with Crippen LogP contribution in [0.5, 0.6) is 0 Å². The monoisotopic (exact) mass is 1210 g/mol. The van der Waals surface area contributed by atoms with Gasteiger partial charge in [0.2, 0.25) is 5.91 Å². The van der Waals surface area contributed by atoms with Crippen LogP contribution in [0.4, 0.5) is 0 Å². The van der Waals surface area contributed by atoms with E-state index in [2.05, 4.69) is 43.5 Å². The highest BCUT2D eigenvalue weighted by molar-refractivity contribution is 5.76. The second-order valence-electron chi connectivity index (χ2n) is 27.0. The molecule has 2 unspecified atom stereocenters. The molecule has 0 bridgehead atoms. The highest BCUT2D eigenvalue weighted by Gasteiger charge is 2.18. The standard InChI is InChI=1S/C80H153NO5/c1-3-5-7-9-11-13-15-17-19-45-48-52-56-60-64-68-72-78(83)77(76-82)81-79(84)73-69-65-61-57-53-49-46-43-41-39-37-35-33-31-29-27-25-23-21-20-22-24-26-28-30-32-34-36-38-40-42-44-47-51-55-59-63-67-71-75-86-80(85)74-70-66-62-58-54-50-18-16-14-12-10-8-6-4-2/h10,12,16,18,68,72,77-78,82-83H,3-9,11,13-15,17,19-67,69-71,73-76H2,1-2H3,(H,81,84)/b12-10-,18-16-,72-68+. The van der Waals surface area contributed by atoms with Gasteiger partial charge in [-0.1, -0.05) is 403 Å². The van der Waals surface area contributed by atoms with Gasteiger partial charge in [0.25, 0.3) is 0 Å². The molecule has 0 aliphatic rings. The first-order valence-corrected chi connectivity index (χ1v) is 39.3. The van der Waals surface area contributed by atoms with E-state index in [4.69, 9.17) is 4.74 Å². The van der Waals surface area contributed by atoms with E-state index < -0.39 is 12.1 Å². The number of rotatable bonds is 74. The minimum atomic E-state index is -0.840. The maximum absolute atomic E-state index is 12.5. The zero-order chi connectivity index (χ0) is 62.0. The molecule has 0 heterocycles. The van der Waals surface area contributed by atoms with Crippen LogP contribution in [0.2, 0.25) is 0 Å². The average molecular weight is 1210 g/mol. The van der Waals surface area contributed by atoms with Gasteiger partial charge in [0.05, 0.1) is 25.4 Å². The molecule has 508 valence electrons. The number of allylic oxidation sites excluding steroid dienone is 5. The van der Waals surface area contributed by atoms with Crippen molar-refractivity contribution in [2.24, 2.45) is 0 Å². The zero-order valence-electron chi connectivity index (χ0n) is 58.3. The maximum Gasteiger partial charge on any atom is 0.305 e. The summed E-state index contributed by atoms with van der Waals surface area (Å²) in [5, 5.41) is 23.2. The van der Waals surface area contributed by atoms with Crippen LogP contribution in [0.1, 0.15) is 438 Å². The summed E-state index contributed by atoms with van der Waals surface area (Å²) in [6.07, 6.45) is 98.5. The highest BCUT2D eigenvalue weighted by Crippen LogP contribution is 2.20. The van der Waals surface area contributed by atoms with Crippen LogP contribution >= 0.6 is 0 Å². The molecule has 3 N–H and O–H groups in total. The molecule has 0 rings (SSSR count). The lowest BCUT2D eigenvalue weighted by atomic mass is 10.0. The summed E-state index contributed by atoms with van der Waals surface area (Å²) in [6, 6.07) is -0.623. The lowest BCUT2D eigenvalue weighted by molar-refractivity contribution is -0.143. The summed E-state index contributed by atoms with van der Waals surface area (Å²) in [5.74, 6) is -0.0491. The zero-order valence-corrected chi connectivity index (χ0v) is 58.3. The molecule has 0 aromatic heterocycles. The minimum absolute atomic E-state index is 0.00962. The van der Waals surface area contributed by atoms with Gasteiger partial charge in [-0.3, -0.25) is 9.59 Å². The number of unbranched alkanes of at least 4 members (excludes halogenated alkanes) is 59. The van der Waals surface area contributed by atoms with Gasteiger partial charge in [0, 0.05) is 12.8 Å². The summed E-state index contributed by atoms with van der Waals surface area (Å²) >= 11 is 0. The van der Waals surface area contributed by atoms with Crippen LogP contribution in [0, 0.1) is 0 Å². The van der Waals surface area contributed by atoms with Crippen LogP contribution in [0.25, 0.3) is 0 Å². The van der Waals surface area contributed by atoms with Gasteiger partial charge >= 0.3 is 5.97 Å². The lowest BCUT2D eigenvalue weighted by Crippen LogP contribution is -2.45. The first-order chi connectivity index (χ1) is 42.5. The molecule has 0 aliphatic heterocycles. The molecule has 0 saturated carbocycles. The van der Waals surface area contributed by atoms with E-state index in [0.29, 0.717) is 19.4 Å². The van der Waals surface area contributed by atoms with E-state index in [1.165, 1.54) is 360 Å². The fourth-order valence-corrected chi connectivity index (χ4v) is 12.4. The van der Waals surface area contributed by atoms with E-state index in [1.807, 2.05) is 6.08 Å². The number of nitrogens with one attached hydrogen (secondary N) is 1. The van der Waals surface area contributed by atoms with Crippen molar-refractivity contribution >= 4 is 11.9 Å². The number of hydrogen-bond acceptors (Lipinski definition) is 5. The molecule has 0 aromatic rings. The fraction of sp³-hybridized carbons (Fsp3) is 0.900. The lowest BCUT2D eigenvalue weighted by Gasteiger charge is -2.20. The van der Waals surface area contributed by atoms with Gasteiger partial charge < -0.3 is 20.3 Å². The maximum atomic E-state index is 12.5. The smallest absolute Gasteiger partial charge is 0.305 e. The van der Waals surface area contributed by atoms with Crippen molar-refractivity contribution in [1.82, 2.24) is 5.32 Å². The second-order valence-corrected chi connectivity index (χ2v) is 27.0. The normalized spacial score (nSPS) is 12.7. The third kappa shape index (κ3) is 71.2. The van der Waals surface area contributed by atoms with Gasteiger partial charge in [0.1, 0.15) is 0 Å². The van der Waals surface area contributed by atoms with Crippen LogP contribution in [-0.2, 0) is 14.3 Å². The highest BCUT2D eigenvalue weighted by atomic mass is 16.5. The Morgan fingerprint density at radius 1 is 0.326 bits per heavy atom. The van der Waals surface area contributed by atoms with Gasteiger partial charge in [-0.15, -0.1) is 0 Å². The van der Waals surface area contributed by atoms with Gasteiger partial charge in [0.15, 0.2) is 0 Å². The number of aliphatic hydroxyl groups is 2. The fourth-order valence-electron chi connectivity index (χ4n) is 12.4. The topological polar surface area (TPSA) is 95.9 Å². The van der Waals surface area contributed by atoms with Crippen molar-refractivity contribution in [3.05, 3.63) is 36.5 Å². The van der Waals surface area contributed by atoms with Crippen molar-refractivity contribution in [2.75, 3.05) is 13.2 Å². The number of carbonyl (C=O) groups excluding carboxylic acids is 2. The van der Waals surface area contributed by atoms with Crippen LogP contribution < -0.4 is 5.32 Å². The van der Waals surface area contributed by atoms with Crippen molar-refractivity contribution in [3.8, 4) is 0 Å². The Morgan fingerprint density at radius 2 is 0.593 bits per heavy atom. The summed E-state index contributed by atoms with van der Waals surface area (Å²) in [6.45, 7) is 4.90. The van der Waals surface area contributed by atoms with Crippen LogP contribution in [-0.4, -0.2) is 47.4 Å². The van der Waals surface area contributed by atoms with Crippen LogP contribution in [0.15, 0.2) is 36.5 Å². The Balaban J connectivity index is 3.30. The molecule has 2 atom stereocenters. The summed E-state index contributed by atoms with van der Waals surface area (Å²) in [5.41, 5.74) is 0. The molecular weight excluding hydrogens is 1050 g/mol. The molecule has 86 heavy (non-hydrogen) atoms. The summed E-state index contributed by atoms with van der Waals surface area (Å²) in [7, 11) is 0. The van der Waals surface area contributed by atoms with Crippen molar-refractivity contribution < 1.29 is 24.5 Å². The predicted molar refractivity (Wildman–Crippen MR) is 379 cm³/mol. The largest absolute Gasteiger partial charge is 0.466 e. The summed E-state index contributed by atoms with van der Waals surface area (Å²) < 4.78 is 5.49. The van der Waals surface area contributed by atoms with E-state index in [1.54, 1.807) is 6.08 Å². The quantitative estimate of drug-likeness (QED) is 0.0320. The van der Waals surface area contributed by atoms with Gasteiger partial charge in [-0.05, 0) is 57.8 Å². The van der Waals surface area contributed by atoms with Crippen molar-refractivity contribution in [3.63, 3.8) is 0 Å². The number of esters is 1. The van der Waals surface area contributed by atoms with Crippen LogP contribution in [0.3, 0.4) is 0 Å². The number of hydrogen-bond donors (Lipinski definition) is 3. The Kier molecular flexibility index (Phi) is 73.9. The molecule has 6 heteroatoms. The summed E-state index contributed by atoms with van der Waals surface area (Å²) in [4.78, 5) is 24.6. The predicted octanol–water partition coefficient (Wildman–Crippen LogP) is 25.8. The average Bonchev–Trinajstić information content (AvgIpc) is 3.60. The number of carbonyl (C=O) groups is 2. The number of aliphatic hydroxyl groups excluding tert-OH is 2. The first-order valence-electron chi connectivity index (χ1n) is 39.3. The van der Waals surface area contributed by atoms with E-state index in [-0.39, 0.29) is 18.5 Å². The number of amides is 1. The molecule has 0 spiro atoms. The molecular formula is C80H153NO5. The first kappa shape index (κ1) is 84.1. The number of ether oxygens (including phenoxy) is 1. The van der Waals surface area contributed by atoms with Crippen molar-refractivity contribution in [2.45, 2.75) is 450 Å². The Hall–Kier alpha value is -1.92. The van der Waals surface area contributed by atoms with E-state index in [9.17, 15) is 19.8 Å². The van der Waals surface area contributed by atoms with E-state index >= 15 is 0 Å². The SMILES string of the molecule is CCCC/C=C\C/C=C\CCCCCCCC(=O)OCCCCCCCCCCCCCCCCCCCCCCCCCCCCCCCCCCCCCCCCCC(=O)NC(CO)C(O)/C=C/CCCCCCCCCCCCCCCC.